The third kappa shape index (κ3) is 5.40. The minimum atomic E-state index is -0.528. The van der Waals surface area contributed by atoms with Crippen LogP contribution in [-0.4, -0.2) is 31.2 Å². The SMILES string of the molecule is CN=C(NCC(C)C)NCC(O)c1cc2ccccc2s1.I. The van der Waals surface area contributed by atoms with Crippen LogP contribution >= 0.6 is 35.3 Å². The molecule has 122 valence electrons. The van der Waals surface area contributed by atoms with Crippen molar-refractivity contribution in [3.8, 4) is 0 Å². The van der Waals surface area contributed by atoms with E-state index in [1.54, 1.807) is 18.4 Å². The summed E-state index contributed by atoms with van der Waals surface area (Å²) in [5, 5.41) is 17.9. The third-order valence-electron chi connectivity index (χ3n) is 3.14. The van der Waals surface area contributed by atoms with Crippen molar-refractivity contribution >= 4 is 51.4 Å². The lowest BCUT2D eigenvalue weighted by atomic mass is 10.2. The molecule has 0 aliphatic heterocycles. The van der Waals surface area contributed by atoms with Crippen LogP contribution in [0.5, 0.6) is 0 Å². The fourth-order valence-corrected chi connectivity index (χ4v) is 3.03. The lowest BCUT2D eigenvalue weighted by molar-refractivity contribution is 0.184. The number of nitrogens with one attached hydrogen (secondary N) is 2. The minimum Gasteiger partial charge on any atom is -0.386 e. The van der Waals surface area contributed by atoms with Gasteiger partial charge in [-0.25, -0.2) is 0 Å². The molecule has 2 rings (SSSR count). The second-order valence-electron chi connectivity index (χ2n) is 5.43. The summed E-state index contributed by atoms with van der Waals surface area (Å²) in [6.45, 7) is 5.60. The van der Waals surface area contributed by atoms with Crippen molar-refractivity contribution in [1.82, 2.24) is 10.6 Å². The molecule has 0 radical (unpaired) electrons. The average Bonchev–Trinajstić information content (AvgIpc) is 2.91. The highest BCUT2D eigenvalue weighted by molar-refractivity contribution is 14.0. The van der Waals surface area contributed by atoms with Gasteiger partial charge in [0.2, 0.25) is 0 Å². The molecular formula is C16H24IN3OS. The summed E-state index contributed by atoms with van der Waals surface area (Å²) in [5.41, 5.74) is 0. The molecule has 0 aliphatic rings. The van der Waals surface area contributed by atoms with Crippen molar-refractivity contribution in [2.75, 3.05) is 20.1 Å². The number of aliphatic imine (C=N–C) groups is 1. The van der Waals surface area contributed by atoms with Gasteiger partial charge in [0.05, 0.1) is 0 Å². The van der Waals surface area contributed by atoms with Gasteiger partial charge in [-0.2, -0.15) is 0 Å². The molecule has 0 fully saturated rings. The van der Waals surface area contributed by atoms with Gasteiger partial charge in [0.15, 0.2) is 5.96 Å². The first-order valence-corrected chi connectivity index (χ1v) is 8.03. The number of halogens is 1. The topological polar surface area (TPSA) is 56.7 Å². The Bertz CT molecular complexity index is 579. The van der Waals surface area contributed by atoms with Crippen LogP contribution in [0.1, 0.15) is 24.8 Å². The number of hydrogen-bond donors (Lipinski definition) is 3. The lowest BCUT2D eigenvalue weighted by Gasteiger charge is -2.15. The van der Waals surface area contributed by atoms with Crippen LogP contribution in [-0.2, 0) is 0 Å². The first-order valence-electron chi connectivity index (χ1n) is 7.21. The summed E-state index contributed by atoms with van der Waals surface area (Å²) in [7, 11) is 1.74. The van der Waals surface area contributed by atoms with E-state index in [0.29, 0.717) is 12.5 Å². The second-order valence-corrected chi connectivity index (χ2v) is 6.55. The molecule has 0 aliphatic carbocycles. The van der Waals surface area contributed by atoms with Crippen LogP contribution in [0.15, 0.2) is 35.3 Å². The summed E-state index contributed by atoms with van der Waals surface area (Å²) in [4.78, 5) is 5.13. The van der Waals surface area contributed by atoms with Crippen LogP contribution in [0.3, 0.4) is 0 Å². The van der Waals surface area contributed by atoms with Crippen molar-refractivity contribution < 1.29 is 5.11 Å². The maximum atomic E-state index is 10.3. The number of benzene rings is 1. The molecule has 0 amide bonds. The summed E-state index contributed by atoms with van der Waals surface area (Å²) in [5.74, 6) is 1.28. The van der Waals surface area contributed by atoms with Crippen molar-refractivity contribution in [2.45, 2.75) is 20.0 Å². The van der Waals surface area contributed by atoms with E-state index in [9.17, 15) is 5.11 Å². The summed E-state index contributed by atoms with van der Waals surface area (Å²) < 4.78 is 1.20. The molecule has 2 aromatic rings. The fraction of sp³-hybridized carbons (Fsp3) is 0.438. The van der Waals surface area contributed by atoms with E-state index in [1.807, 2.05) is 12.1 Å². The monoisotopic (exact) mass is 433 g/mol. The van der Waals surface area contributed by atoms with Gasteiger partial charge in [0, 0.05) is 29.7 Å². The van der Waals surface area contributed by atoms with E-state index >= 15 is 0 Å². The van der Waals surface area contributed by atoms with Crippen LogP contribution in [0.4, 0.5) is 0 Å². The number of rotatable bonds is 5. The zero-order chi connectivity index (χ0) is 15.2. The highest BCUT2D eigenvalue weighted by atomic mass is 127. The standard InChI is InChI=1S/C16H23N3OS.HI/c1-11(2)9-18-16(17-3)19-10-13(20)15-8-12-6-4-5-7-14(12)21-15;/h4-8,11,13,20H,9-10H2,1-3H3,(H2,17,18,19);1H. The average molecular weight is 433 g/mol. The van der Waals surface area contributed by atoms with Gasteiger partial charge in [-0.1, -0.05) is 32.0 Å². The second kappa shape index (κ2) is 9.32. The Labute approximate surface area is 153 Å². The molecule has 4 nitrogen and oxygen atoms in total. The summed E-state index contributed by atoms with van der Waals surface area (Å²) in [6.07, 6.45) is -0.528. The Balaban J connectivity index is 0.00000242. The molecular weight excluding hydrogens is 409 g/mol. The first-order chi connectivity index (χ1) is 10.1. The molecule has 1 unspecified atom stereocenters. The van der Waals surface area contributed by atoms with Crippen LogP contribution in [0.25, 0.3) is 10.1 Å². The molecule has 6 heteroatoms. The van der Waals surface area contributed by atoms with Crippen LogP contribution in [0.2, 0.25) is 0 Å². The van der Waals surface area contributed by atoms with Gasteiger partial charge < -0.3 is 15.7 Å². The molecule has 22 heavy (non-hydrogen) atoms. The van der Waals surface area contributed by atoms with Gasteiger partial charge in [0.25, 0.3) is 0 Å². The number of thiophene rings is 1. The number of aliphatic hydroxyl groups excluding tert-OH is 1. The smallest absolute Gasteiger partial charge is 0.191 e. The van der Waals surface area contributed by atoms with E-state index in [4.69, 9.17) is 0 Å². The predicted octanol–water partition coefficient (Wildman–Crippen LogP) is 3.37. The summed E-state index contributed by atoms with van der Waals surface area (Å²) in [6, 6.07) is 10.2. The Morgan fingerprint density at radius 2 is 1.91 bits per heavy atom. The van der Waals surface area contributed by atoms with E-state index < -0.39 is 6.10 Å². The number of aliphatic hydroxyl groups is 1. The number of hydrogen-bond acceptors (Lipinski definition) is 3. The molecule has 3 N–H and O–H groups in total. The van der Waals surface area contributed by atoms with Crippen molar-refractivity contribution in [3.63, 3.8) is 0 Å². The maximum Gasteiger partial charge on any atom is 0.191 e. The summed E-state index contributed by atoms with van der Waals surface area (Å²) >= 11 is 1.63. The Hall–Kier alpha value is -0.860. The van der Waals surface area contributed by atoms with E-state index in [2.05, 4.69) is 47.7 Å². The Morgan fingerprint density at radius 3 is 2.55 bits per heavy atom. The van der Waals surface area contributed by atoms with Crippen molar-refractivity contribution in [2.24, 2.45) is 10.9 Å². The Morgan fingerprint density at radius 1 is 1.23 bits per heavy atom. The number of guanidine groups is 1. The molecule has 1 heterocycles. The first kappa shape index (κ1) is 19.2. The van der Waals surface area contributed by atoms with Gasteiger partial charge in [-0.05, 0) is 23.4 Å². The molecule has 1 aromatic carbocycles. The maximum absolute atomic E-state index is 10.3. The van der Waals surface area contributed by atoms with Crippen molar-refractivity contribution in [3.05, 3.63) is 35.2 Å². The van der Waals surface area contributed by atoms with Gasteiger partial charge >= 0.3 is 0 Å². The quantitative estimate of drug-likeness (QED) is 0.385. The van der Waals surface area contributed by atoms with Gasteiger partial charge in [-0.15, -0.1) is 35.3 Å². The van der Waals surface area contributed by atoms with Crippen molar-refractivity contribution in [1.29, 1.82) is 0 Å². The largest absolute Gasteiger partial charge is 0.386 e. The van der Waals surface area contributed by atoms with E-state index in [-0.39, 0.29) is 24.0 Å². The Kier molecular flexibility index (Phi) is 8.13. The highest BCUT2D eigenvalue weighted by Gasteiger charge is 2.12. The van der Waals surface area contributed by atoms with Gasteiger partial charge in [-0.3, -0.25) is 4.99 Å². The van der Waals surface area contributed by atoms with E-state index in [0.717, 1.165) is 17.4 Å². The molecule has 0 bridgehead atoms. The molecule has 1 aromatic heterocycles. The zero-order valence-corrected chi connectivity index (χ0v) is 16.3. The van der Waals surface area contributed by atoms with E-state index in [1.165, 1.54) is 10.1 Å². The predicted molar refractivity (Wildman–Crippen MR) is 106 cm³/mol. The normalized spacial score (nSPS) is 13.0. The molecule has 0 saturated carbocycles. The molecule has 0 saturated heterocycles. The van der Waals surface area contributed by atoms with Gasteiger partial charge in [0.1, 0.15) is 6.10 Å². The molecule has 0 spiro atoms. The minimum absolute atomic E-state index is 0. The number of nitrogens with zero attached hydrogens (tertiary/aromatic N) is 1. The zero-order valence-electron chi connectivity index (χ0n) is 13.2. The van der Waals surface area contributed by atoms with Crippen LogP contribution < -0.4 is 10.6 Å². The number of fused-ring (bicyclic) bond motifs is 1. The highest BCUT2D eigenvalue weighted by Crippen LogP contribution is 2.29. The fourth-order valence-electron chi connectivity index (χ4n) is 1.98. The third-order valence-corrected chi connectivity index (χ3v) is 4.35. The lowest BCUT2D eigenvalue weighted by Crippen LogP contribution is -2.40. The van der Waals surface area contributed by atoms with Crippen LogP contribution in [0, 0.1) is 5.92 Å². The molecule has 1 atom stereocenters.